The second kappa shape index (κ2) is 4.92. The lowest BCUT2D eigenvalue weighted by molar-refractivity contribution is 0.404. The average Bonchev–Trinajstić information content (AvgIpc) is 2.81. The van der Waals surface area contributed by atoms with E-state index < -0.39 is 0 Å². The van der Waals surface area contributed by atoms with E-state index >= 15 is 0 Å². The zero-order valence-corrected chi connectivity index (χ0v) is 9.87. The second-order valence-electron chi connectivity index (χ2n) is 3.52. The van der Waals surface area contributed by atoms with Gasteiger partial charge in [-0.25, -0.2) is 0 Å². The molecule has 90 valence electrons. The number of hydrogen-bond acceptors (Lipinski definition) is 5. The number of ether oxygens (including phenoxy) is 1. The molecule has 0 aliphatic rings. The topological polar surface area (TPSA) is 78.9 Å². The quantitative estimate of drug-likeness (QED) is 0.843. The fourth-order valence-electron chi connectivity index (χ4n) is 1.71. The Morgan fingerprint density at radius 2 is 2.24 bits per heavy atom. The highest BCUT2D eigenvalue weighted by molar-refractivity contribution is 5.32. The SMILES string of the molecule is CCn1ncc(OC)c1C(N)c1cnccn1. The maximum absolute atomic E-state index is 6.17. The van der Waals surface area contributed by atoms with Crippen molar-refractivity contribution in [3.8, 4) is 5.75 Å². The Kier molecular flexibility index (Phi) is 3.34. The smallest absolute Gasteiger partial charge is 0.161 e. The third kappa shape index (κ3) is 2.12. The van der Waals surface area contributed by atoms with Gasteiger partial charge in [0.25, 0.3) is 0 Å². The Balaban J connectivity index is 2.42. The van der Waals surface area contributed by atoms with E-state index in [1.54, 1.807) is 36.6 Å². The summed E-state index contributed by atoms with van der Waals surface area (Å²) in [6.45, 7) is 2.73. The van der Waals surface area contributed by atoms with Crippen molar-refractivity contribution >= 4 is 0 Å². The molecule has 6 nitrogen and oxygen atoms in total. The van der Waals surface area contributed by atoms with Crippen LogP contribution in [0.3, 0.4) is 0 Å². The minimum Gasteiger partial charge on any atom is -0.493 e. The van der Waals surface area contributed by atoms with E-state index in [0.29, 0.717) is 11.4 Å². The van der Waals surface area contributed by atoms with Crippen LogP contribution in [0.4, 0.5) is 0 Å². The Labute approximate surface area is 99.4 Å². The number of methoxy groups -OCH3 is 1. The van der Waals surface area contributed by atoms with Gasteiger partial charge in [-0.05, 0) is 6.92 Å². The van der Waals surface area contributed by atoms with Gasteiger partial charge < -0.3 is 10.5 Å². The first-order valence-corrected chi connectivity index (χ1v) is 5.39. The van der Waals surface area contributed by atoms with Crippen LogP contribution in [0.15, 0.2) is 24.8 Å². The summed E-state index contributed by atoms with van der Waals surface area (Å²) >= 11 is 0. The molecule has 0 aliphatic heterocycles. The van der Waals surface area contributed by atoms with E-state index in [1.165, 1.54) is 0 Å². The molecule has 0 bridgehead atoms. The minimum atomic E-state index is -0.388. The minimum absolute atomic E-state index is 0.388. The van der Waals surface area contributed by atoms with Crippen LogP contribution in [0.2, 0.25) is 0 Å². The van der Waals surface area contributed by atoms with Crippen LogP contribution in [0, 0.1) is 0 Å². The van der Waals surface area contributed by atoms with Crippen molar-refractivity contribution in [2.45, 2.75) is 19.5 Å². The molecule has 1 unspecified atom stereocenters. The molecule has 0 saturated carbocycles. The molecule has 0 aliphatic carbocycles. The van der Waals surface area contributed by atoms with Gasteiger partial charge in [0.1, 0.15) is 5.69 Å². The average molecular weight is 233 g/mol. The third-order valence-electron chi connectivity index (χ3n) is 2.56. The zero-order valence-electron chi connectivity index (χ0n) is 9.87. The van der Waals surface area contributed by atoms with Crippen LogP contribution in [0.1, 0.15) is 24.4 Å². The Hall–Kier alpha value is -1.95. The molecule has 6 heteroatoms. The first-order chi connectivity index (χ1) is 8.27. The summed E-state index contributed by atoms with van der Waals surface area (Å²) in [4.78, 5) is 8.21. The molecule has 0 saturated heterocycles. The molecule has 17 heavy (non-hydrogen) atoms. The van der Waals surface area contributed by atoms with Gasteiger partial charge in [0.15, 0.2) is 5.75 Å². The lowest BCUT2D eigenvalue weighted by Gasteiger charge is -2.14. The summed E-state index contributed by atoms with van der Waals surface area (Å²) in [7, 11) is 1.60. The first-order valence-electron chi connectivity index (χ1n) is 5.39. The predicted octanol–water partition coefficient (Wildman–Crippen LogP) is 0.750. The highest BCUT2D eigenvalue weighted by atomic mass is 16.5. The maximum Gasteiger partial charge on any atom is 0.161 e. The van der Waals surface area contributed by atoms with Crippen molar-refractivity contribution < 1.29 is 4.74 Å². The Morgan fingerprint density at radius 3 is 2.82 bits per heavy atom. The lowest BCUT2D eigenvalue weighted by atomic mass is 10.1. The van der Waals surface area contributed by atoms with Crippen LogP contribution >= 0.6 is 0 Å². The fraction of sp³-hybridized carbons (Fsp3) is 0.364. The van der Waals surface area contributed by atoms with Gasteiger partial charge in [0, 0.05) is 18.9 Å². The van der Waals surface area contributed by atoms with Crippen molar-refractivity contribution in [3.63, 3.8) is 0 Å². The number of rotatable bonds is 4. The number of aryl methyl sites for hydroxylation is 1. The molecule has 0 spiro atoms. The van der Waals surface area contributed by atoms with Gasteiger partial charge in [-0.2, -0.15) is 5.10 Å². The summed E-state index contributed by atoms with van der Waals surface area (Å²) in [6.07, 6.45) is 6.55. The molecule has 1 atom stereocenters. The predicted molar refractivity (Wildman–Crippen MR) is 62.5 cm³/mol. The normalized spacial score (nSPS) is 12.4. The molecule has 2 heterocycles. The molecule has 2 rings (SSSR count). The largest absolute Gasteiger partial charge is 0.493 e. The molecule has 0 aromatic carbocycles. The van der Waals surface area contributed by atoms with E-state index in [0.717, 1.165) is 12.2 Å². The van der Waals surface area contributed by atoms with Crippen LogP contribution in [-0.2, 0) is 6.54 Å². The van der Waals surface area contributed by atoms with Gasteiger partial charge in [-0.3, -0.25) is 14.6 Å². The standard InChI is InChI=1S/C11H15N5O/c1-3-16-11(9(17-2)7-15-16)10(12)8-6-13-4-5-14-8/h4-7,10H,3,12H2,1-2H3. The third-order valence-corrected chi connectivity index (χ3v) is 2.56. The number of nitrogens with zero attached hydrogens (tertiary/aromatic N) is 4. The molecular formula is C11H15N5O. The van der Waals surface area contributed by atoms with Crippen molar-refractivity contribution in [3.05, 3.63) is 36.2 Å². The van der Waals surface area contributed by atoms with Gasteiger partial charge in [-0.1, -0.05) is 0 Å². The molecule has 0 fully saturated rings. The maximum atomic E-state index is 6.17. The fourth-order valence-corrected chi connectivity index (χ4v) is 1.71. The monoisotopic (exact) mass is 233 g/mol. The summed E-state index contributed by atoms with van der Waals surface area (Å²) in [5.74, 6) is 0.671. The molecule has 0 amide bonds. The molecular weight excluding hydrogens is 218 g/mol. The van der Waals surface area contributed by atoms with E-state index in [1.807, 2.05) is 6.92 Å². The number of hydrogen-bond donors (Lipinski definition) is 1. The van der Waals surface area contributed by atoms with Crippen LogP contribution in [-0.4, -0.2) is 26.9 Å². The van der Waals surface area contributed by atoms with Crippen molar-refractivity contribution in [1.29, 1.82) is 0 Å². The van der Waals surface area contributed by atoms with Crippen LogP contribution < -0.4 is 10.5 Å². The van der Waals surface area contributed by atoms with Crippen LogP contribution in [0.5, 0.6) is 5.75 Å². The molecule has 2 N–H and O–H groups in total. The van der Waals surface area contributed by atoms with E-state index in [-0.39, 0.29) is 6.04 Å². The second-order valence-corrected chi connectivity index (χ2v) is 3.52. The number of nitrogens with two attached hydrogens (primary N) is 1. The van der Waals surface area contributed by atoms with Gasteiger partial charge in [0.2, 0.25) is 0 Å². The summed E-state index contributed by atoms with van der Waals surface area (Å²) in [5, 5.41) is 4.22. The van der Waals surface area contributed by atoms with Gasteiger partial charge in [-0.15, -0.1) is 0 Å². The highest BCUT2D eigenvalue weighted by Gasteiger charge is 2.20. The van der Waals surface area contributed by atoms with Gasteiger partial charge in [0.05, 0.1) is 31.2 Å². The number of aromatic nitrogens is 4. The van der Waals surface area contributed by atoms with Crippen molar-refractivity contribution in [2.24, 2.45) is 5.73 Å². The summed E-state index contributed by atoms with van der Waals surface area (Å²) in [6, 6.07) is -0.388. The lowest BCUT2D eigenvalue weighted by Crippen LogP contribution is -2.19. The Bertz CT molecular complexity index is 460. The van der Waals surface area contributed by atoms with Gasteiger partial charge >= 0.3 is 0 Å². The first kappa shape index (κ1) is 11.5. The van der Waals surface area contributed by atoms with E-state index in [2.05, 4.69) is 15.1 Å². The molecule has 0 radical (unpaired) electrons. The van der Waals surface area contributed by atoms with Crippen molar-refractivity contribution in [2.75, 3.05) is 7.11 Å². The zero-order chi connectivity index (χ0) is 12.3. The molecule has 2 aromatic heterocycles. The van der Waals surface area contributed by atoms with Crippen LogP contribution in [0.25, 0.3) is 0 Å². The van der Waals surface area contributed by atoms with E-state index in [9.17, 15) is 0 Å². The summed E-state index contributed by atoms with van der Waals surface area (Å²) in [5.41, 5.74) is 7.68. The molecule has 2 aromatic rings. The van der Waals surface area contributed by atoms with E-state index in [4.69, 9.17) is 10.5 Å². The highest BCUT2D eigenvalue weighted by Crippen LogP contribution is 2.26. The van der Waals surface area contributed by atoms with Crippen molar-refractivity contribution in [1.82, 2.24) is 19.7 Å². The summed E-state index contributed by atoms with van der Waals surface area (Å²) < 4.78 is 7.06. The Morgan fingerprint density at radius 1 is 1.41 bits per heavy atom.